The molecule has 28 heavy (non-hydrogen) atoms. The number of carbonyl (C=O) groups is 2. The summed E-state index contributed by atoms with van der Waals surface area (Å²) >= 11 is 0. The van der Waals surface area contributed by atoms with Crippen LogP contribution >= 0.6 is 0 Å². The molecule has 0 N–H and O–H groups in total. The molecule has 1 saturated heterocycles. The predicted octanol–water partition coefficient (Wildman–Crippen LogP) is 3.27. The van der Waals surface area contributed by atoms with Crippen molar-refractivity contribution in [3.63, 3.8) is 0 Å². The number of aromatic nitrogens is 1. The summed E-state index contributed by atoms with van der Waals surface area (Å²) in [6, 6.07) is 7.31. The van der Waals surface area contributed by atoms with Gasteiger partial charge >= 0.3 is 5.97 Å². The SMILES string of the molecule is Cc1cc(C)c(C(=O)C(C)OC(=O)c2ccc(N3CCOCC3)nc2)cc1C. The molecule has 0 saturated carbocycles. The van der Waals surface area contributed by atoms with E-state index in [0.717, 1.165) is 35.6 Å². The number of aryl methyl sites for hydroxylation is 3. The van der Waals surface area contributed by atoms with Crippen molar-refractivity contribution in [2.24, 2.45) is 0 Å². The van der Waals surface area contributed by atoms with Crippen molar-refractivity contribution in [3.05, 3.63) is 58.3 Å². The van der Waals surface area contributed by atoms with Crippen molar-refractivity contribution in [3.8, 4) is 0 Å². The Morgan fingerprint density at radius 2 is 1.75 bits per heavy atom. The van der Waals surface area contributed by atoms with Crippen molar-refractivity contribution < 1.29 is 19.1 Å². The first-order valence-corrected chi connectivity index (χ1v) is 9.48. The molecule has 1 unspecified atom stereocenters. The summed E-state index contributed by atoms with van der Waals surface area (Å²) in [5.74, 6) is 0.0462. The fourth-order valence-electron chi connectivity index (χ4n) is 3.21. The van der Waals surface area contributed by atoms with Crippen LogP contribution in [0.25, 0.3) is 0 Å². The van der Waals surface area contributed by atoms with Crippen LogP contribution in [0.4, 0.5) is 5.82 Å². The molecule has 0 aliphatic carbocycles. The molecule has 0 amide bonds. The number of ether oxygens (including phenoxy) is 2. The molecule has 0 radical (unpaired) electrons. The van der Waals surface area contributed by atoms with Gasteiger partial charge in [-0.2, -0.15) is 0 Å². The third-order valence-electron chi connectivity index (χ3n) is 5.08. The number of Topliss-reactive ketones (excluding diaryl/α,β-unsaturated/α-hetero) is 1. The molecule has 3 rings (SSSR count). The summed E-state index contributed by atoms with van der Waals surface area (Å²) in [5.41, 5.74) is 3.96. The number of morpholine rings is 1. The third kappa shape index (κ3) is 4.39. The highest BCUT2D eigenvalue weighted by molar-refractivity contribution is 6.02. The maximum Gasteiger partial charge on any atom is 0.340 e. The maximum absolute atomic E-state index is 12.7. The van der Waals surface area contributed by atoms with Gasteiger partial charge in [0, 0.05) is 24.8 Å². The first-order valence-electron chi connectivity index (χ1n) is 9.48. The van der Waals surface area contributed by atoms with Crippen LogP contribution < -0.4 is 4.90 Å². The highest BCUT2D eigenvalue weighted by Gasteiger charge is 2.23. The second kappa shape index (κ2) is 8.52. The first-order chi connectivity index (χ1) is 13.4. The van der Waals surface area contributed by atoms with E-state index in [0.29, 0.717) is 24.3 Å². The molecule has 6 heteroatoms. The van der Waals surface area contributed by atoms with Gasteiger partial charge in [-0.3, -0.25) is 4.79 Å². The smallest absolute Gasteiger partial charge is 0.340 e. The number of benzene rings is 1. The van der Waals surface area contributed by atoms with E-state index in [4.69, 9.17) is 9.47 Å². The van der Waals surface area contributed by atoms with Crippen molar-refractivity contribution >= 4 is 17.6 Å². The molecular formula is C22H26N2O4. The Hall–Kier alpha value is -2.73. The zero-order chi connectivity index (χ0) is 20.3. The minimum Gasteiger partial charge on any atom is -0.451 e. The van der Waals surface area contributed by atoms with Crippen LogP contribution in [0.1, 0.15) is 44.3 Å². The van der Waals surface area contributed by atoms with Gasteiger partial charge in [0.25, 0.3) is 0 Å². The van der Waals surface area contributed by atoms with E-state index in [-0.39, 0.29) is 5.78 Å². The average molecular weight is 382 g/mol. The molecule has 1 fully saturated rings. The zero-order valence-electron chi connectivity index (χ0n) is 16.8. The summed E-state index contributed by atoms with van der Waals surface area (Å²) in [4.78, 5) is 31.6. The Balaban J connectivity index is 1.66. The van der Waals surface area contributed by atoms with Gasteiger partial charge in [-0.25, -0.2) is 9.78 Å². The molecule has 1 aliphatic rings. The van der Waals surface area contributed by atoms with E-state index in [9.17, 15) is 9.59 Å². The van der Waals surface area contributed by atoms with Gasteiger partial charge in [-0.15, -0.1) is 0 Å². The van der Waals surface area contributed by atoms with E-state index in [1.807, 2.05) is 32.9 Å². The van der Waals surface area contributed by atoms with E-state index in [1.54, 1.807) is 19.1 Å². The molecule has 2 aromatic rings. The van der Waals surface area contributed by atoms with E-state index in [1.165, 1.54) is 6.20 Å². The lowest BCUT2D eigenvalue weighted by Gasteiger charge is -2.27. The Labute approximate surface area is 165 Å². The zero-order valence-corrected chi connectivity index (χ0v) is 16.8. The van der Waals surface area contributed by atoms with Crippen LogP contribution in [-0.4, -0.2) is 49.1 Å². The van der Waals surface area contributed by atoms with Gasteiger partial charge in [0.2, 0.25) is 5.78 Å². The van der Waals surface area contributed by atoms with Gasteiger partial charge in [-0.1, -0.05) is 6.07 Å². The quantitative estimate of drug-likeness (QED) is 0.584. The van der Waals surface area contributed by atoms with E-state index >= 15 is 0 Å². The van der Waals surface area contributed by atoms with Crippen LogP contribution in [0.15, 0.2) is 30.5 Å². The third-order valence-corrected chi connectivity index (χ3v) is 5.08. The molecule has 2 heterocycles. The number of rotatable bonds is 5. The fourth-order valence-corrected chi connectivity index (χ4v) is 3.21. The summed E-state index contributed by atoms with van der Waals surface area (Å²) in [5, 5.41) is 0. The predicted molar refractivity (Wildman–Crippen MR) is 107 cm³/mol. The number of hydrogen-bond donors (Lipinski definition) is 0. The molecular weight excluding hydrogens is 356 g/mol. The Bertz CT molecular complexity index is 871. The number of carbonyl (C=O) groups excluding carboxylic acids is 2. The van der Waals surface area contributed by atoms with Crippen LogP contribution in [-0.2, 0) is 9.47 Å². The average Bonchev–Trinajstić information content (AvgIpc) is 2.71. The maximum atomic E-state index is 12.7. The largest absolute Gasteiger partial charge is 0.451 e. The van der Waals surface area contributed by atoms with E-state index in [2.05, 4.69) is 9.88 Å². The lowest BCUT2D eigenvalue weighted by Crippen LogP contribution is -2.36. The van der Waals surface area contributed by atoms with Gasteiger partial charge in [0.05, 0.1) is 18.8 Å². The minimum absolute atomic E-state index is 0.202. The summed E-state index contributed by atoms with van der Waals surface area (Å²) in [6.45, 7) is 10.4. The first kappa shape index (κ1) is 20.0. The Morgan fingerprint density at radius 1 is 1.07 bits per heavy atom. The van der Waals surface area contributed by atoms with E-state index < -0.39 is 12.1 Å². The fraction of sp³-hybridized carbons (Fsp3) is 0.409. The Kier molecular flexibility index (Phi) is 6.09. The summed E-state index contributed by atoms with van der Waals surface area (Å²) < 4.78 is 10.7. The molecule has 6 nitrogen and oxygen atoms in total. The lowest BCUT2D eigenvalue weighted by atomic mass is 9.96. The van der Waals surface area contributed by atoms with Gasteiger partial charge in [0.15, 0.2) is 6.10 Å². The van der Waals surface area contributed by atoms with Crippen molar-refractivity contribution in [2.75, 3.05) is 31.2 Å². The summed E-state index contributed by atoms with van der Waals surface area (Å²) in [7, 11) is 0. The highest BCUT2D eigenvalue weighted by atomic mass is 16.5. The number of pyridine rings is 1. The van der Waals surface area contributed by atoms with Crippen molar-refractivity contribution in [1.82, 2.24) is 4.98 Å². The molecule has 0 spiro atoms. The monoisotopic (exact) mass is 382 g/mol. The number of hydrogen-bond acceptors (Lipinski definition) is 6. The lowest BCUT2D eigenvalue weighted by molar-refractivity contribution is 0.0318. The molecule has 0 bridgehead atoms. The van der Waals surface area contributed by atoms with Gasteiger partial charge in [-0.05, 0) is 62.6 Å². The number of esters is 1. The summed E-state index contributed by atoms with van der Waals surface area (Å²) in [6.07, 6.45) is 0.623. The van der Waals surface area contributed by atoms with Crippen LogP contribution in [0.5, 0.6) is 0 Å². The standard InChI is InChI=1S/C22H26N2O4/c1-14-11-16(3)19(12-15(14)2)21(25)17(4)28-22(26)18-5-6-20(23-13-18)24-7-9-27-10-8-24/h5-6,11-13,17H,7-10H2,1-4H3. The van der Waals surface area contributed by atoms with Gasteiger partial charge < -0.3 is 14.4 Å². The normalized spacial score (nSPS) is 15.2. The Morgan fingerprint density at radius 3 is 2.39 bits per heavy atom. The number of ketones is 1. The number of nitrogens with zero attached hydrogens (tertiary/aromatic N) is 2. The van der Waals surface area contributed by atoms with Crippen LogP contribution in [0.3, 0.4) is 0 Å². The highest BCUT2D eigenvalue weighted by Crippen LogP contribution is 2.19. The molecule has 1 aromatic carbocycles. The molecule has 1 aromatic heterocycles. The molecule has 1 atom stereocenters. The van der Waals surface area contributed by atoms with Crippen LogP contribution in [0, 0.1) is 20.8 Å². The van der Waals surface area contributed by atoms with Crippen LogP contribution in [0.2, 0.25) is 0 Å². The van der Waals surface area contributed by atoms with Gasteiger partial charge in [0.1, 0.15) is 5.82 Å². The number of anilines is 1. The second-order valence-corrected chi connectivity index (χ2v) is 7.17. The topological polar surface area (TPSA) is 68.7 Å². The molecule has 1 aliphatic heterocycles. The van der Waals surface area contributed by atoms with Crippen molar-refractivity contribution in [2.45, 2.75) is 33.8 Å². The second-order valence-electron chi connectivity index (χ2n) is 7.17. The minimum atomic E-state index is -0.868. The van der Waals surface area contributed by atoms with Crippen molar-refractivity contribution in [1.29, 1.82) is 0 Å². The molecule has 148 valence electrons.